The topological polar surface area (TPSA) is 160 Å². The van der Waals surface area contributed by atoms with Crippen LogP contribution >= 0.6 is 11.8 Å². The van der Waals surface area contributed by atoms with Gasteiger partial charge >= 0.3 is 6.03 Å². The van der Waals surface area contributed by atoms with Crippen molar-refractivity contribution < 1.29 is 19.7 Å². The molecule has 3 rings (SSSR count). The zero-order valence-corrected chi connectivity index (χ0v) is 15.6. The van der Waals surface area contributed by atoms with E-state index < -0.39 is 24.5 Å². The third-order valence-electron chi connectivity index (χ3n) is 4.15. The lowest BCUT2D eigenvalue weighted by molar-refractivity contribution is -0.0289. The quantitative estimate of drug-likeness (QED) is 0.372. The minimum absolute atomic E-state index is 0.209. The van der Waals surface area contributed by atoms with Crippen LogP contribution in [0.25, 0.3) is 11.2 Å². The van der Waals surface area contributed by atoms with Gasteiger partial charge < -0.3 is 31.3 Å². The Kier molecular flexibility index (Phi) is 6.31. The largest absolute Gasteiger partial charge is 0.387 e. The number of carbonyl (C=O) groups is 1. The first-order valence-electron chi connectivity index (χ1n) is 8.57. The fourth-order valence-corrected chi connectivity index (χ4v) is 3.73. The van der Waals surface area contributed by atoms with E-state index in [9.17, 15) is 15.0 Å². The lowest BCUT2D eigenvalue weighted by Crippen LogP contribution is -2.36. The number of nitrogens with zero attached hydrogens (tertiary/aromatic N) is 4. The number of nitrogens with one attached hydrogen (secondary N) is 2. The molecule has 4 atom stereocenters. The average Bonchev–Trinajstić information content (AvgIpc) is 3.19. The minimum atomic E-state index is -1.13. The number of carbonyl (C=O) groups excluding carboxylic acids is 1. The summed E-state index contributed by atoms with van der Waals surface area (Å²) in [6.45, 7) is 2.91. The van der Waals surface area contributed by atoms with Crippen molar-refractivity contribution in [1.82, 2.24) is 30.2 Å². The fraction of sp³-hybridized carbons (Fsp3) is 0.600. The maximum absolute atomic E-state index is 11.3. The van der Waals surface area contributed by atoms with Gasteiger partial charge in [-0.2, -0.15) is 11.8 Å². The number of rotatable bonds is 7. The first-order valence-corrected chi connectivity index (χ1v) is 9.72. The fourth-order valence-electron chi connectivity index (χ4n) is 2.81. The molecule has 0 spiro atoms. The number of aromatic nitrogens is 4. The van der Waals surface area contributed by atoms with Crippen molar-refractivity contribution in [1.29, 1.82) is 0 Å². The van der Waals surface area contributed by atoms with Crippen LogP contribution in [0.15, 0.2) is 12.7 Å². The lowest BCUT2D eigenvalue weighted by atomic mass is 10.1. The Labute approximate surface area is 159 Å². The third kappa shape index (κ3) is 4.24. The Morgan fingerprint density at radius 1 is 1.33 bits per heavy atom. The van der Waals surface area contributed by atoms with Crippen LogP contribution in [0.1, 0.15) is 13.2 Å². The second-order valence-corrected chi connectivity index (χ2v) is 7.14. The van der Waals surface area contributed by atoms with Crippen molar-refractivity contribution in [3.8, 4) is 0 Å². The van der Waals surface area contributed by atoms with Gasteiger partial charge in [-0.15, -0.1) is 0 Å². The van der Waals surface area contributed by atoms with Gasteiger partial charge in [0.05, 0.1) is 12.4 Å². The van der Waals surface area contributed by atoms with Gasteiger partial charge in [0.25, 0.3) is 0 Å². The number of imidazole rings is 1. The number of fused-ring (bicyclic) bond motifs is 1. The Bertz CT molecular complexity index is 789. The number of urea groups is 1. The number of anilines is 1. The molecule has 1 aliphatic heterocycles. The van der Waals surface area contributed by atoms with Gasteiger partial charge in [-0.1, -0.05) is 0 Å². The van der Waals surface area contributed by atoms with Gasteiger partial charge in [-0.25, -0.2) is 19.7 Å². The number of aliphatic hydroxyl groups excluding tert-OH is 2. The van der Waals surface area contributed by atoms with Crippen LogP contribution in [0.5, 0.6) is 0 Å². The number of hydrogen-bond donors (Lipinski definition) is 5. The van der Waals surface area contributed by atoms with Gasteiger partial charge in [-0.05, 0) is 6.92 Å². The average molecular weight is 397 g/mol. The summed E-state index contributed by atoms with van der Waals surface area (Å²) in [6.07, 6.45) is -0.785. The van der Waals surface area contributed by atoms with E-state index in [0.29, 0.717) is 35.8 Å². The third-order valence-corrected chi connectivity index (χ3v) is 5.21. The summed E-state index contributed by atoms with van der Waals surface area (Å²) >= 11 is 1.51. The molecule has 0 radical (unpaired) electrons. The van der Waals surface area contributed by atoms with Crippen LogP contribution in [-0.2, 0) is 4.74 Å². The molecule has 2 aromatic rings. The maximum atomic E-state index is 11.3. The number of amides is 2. The molecule has 1 aliphatic rings. The molecule has 2 amide bonds. The molecule has 0 aliphatic carbocycles. The van der Waals surface area contributed by atoms with E-state index in [4.69, 9.17) is 10.5 Å². The Morgan fingerprint density at radius 2 is 2.15 bits per heavy atom. The number of nitrogens with two attached hydrogens (primary N) is 1. The highest BCUT2D eigenvalue weighted by Gasteiger charge is 2.44. The molecule has 27 heavy (non-hydrogen) atoms. The number of nitrogen functional groups attached to an aromatic ring is 1. The van der Waals surface area contributed by atoms with Gasteiger partial charge in [-0.3, -0.25) is 4.57 Å². The van der Waals surface area contributed by atoms with Crippen molar-refractivity contribution in [2.75, 3.05) is 30.3 Å². The summed E-state index contributed by atoms with van der Waals surface area (Å²) in [5.74, 6) is 1.36. The van der Waals surface area contributed by atoms with E-state index >= 15 is 0 Å². The summed E-state index contributed by atoms with van der Waals surface area (Å²) in [5, 5.41) is 26.1. The number of ether oxygens (including phenoxy) is 1. The van der Waals surface area contributed by atoms with E-state index in [1.54, 1.807) is 4.57 Å². The summed E-state index contributed by atoms with van der Waals surface area (Å²) in [7, 11) is 0. The molecular weight excluding hydrogens is 374 g/mol. The van der Waals surface area contributed by atoms with E-state index in [-0.39, 0.29) is 11.8 Å². The summed E-state index contributed by atoms with van der Waals surface area (Å²) < 4.78 is 7.39. The minimum Gasteiger partial charge on any atom is -0.387 e. The van der Waals surface area contributed by atoms with Crippen LogP contribution in [0.3, 0.4) is 0 Å². The molecule has 0 unspecified atom stereocenters. The van der Waals surface area contributed by atoms with E-state index in [1.165, 1.54) is 24.4 Å². The van der Waals surface area contributed by atoms with Gasteiger partial charge in [0, 0.05) is 24.6 Å². The van der Waals surface area contributed by atoms with Crippen molar-refractivity contribution in [3.05, 3.63) is 12.7 Å². The van der Waals surface area contributed by atoms with E-state index in [0.717, 1.165) is 0 Å². The number of aliphatic hydroxyl groups is 2. The first-order chi connectivity index (χ1) is 13.0. The van der Waals surface area contributed by atoms with Crippen LogP contribution in [0, 0.1) is 0 Å². The standard InChI is InChI=1S/C15H23N7O4S/c1-2-17-15(25)18-3-4-27-5-8-10(23)11(24)14(26-8)22-7-21-9-12(16)19-6-20-13(9)22/h6-8,10-11,14,23-24H,2-5H2,1H3,(H2,16,19,20)(H2,17,18,25)/t8-,10+,11-,14-/m1/s1. The summed E-state index contributed by atoms with van der Waals surface area (Å²) in [4.78, 5) is 23.5. The van der Waals surface area contributed by atoms with Gasteiger partial charge in [0.1, 0.15) is 24.1 Å². The number of hydrogen-bond acceptors (Lipinski definition) is 9. The first kappa shape index (κ1) is 19.6. The number of thioether (sulfide) groups is 1. The Morgan fingerprint density at radius 3 is 2.93 bits per heavy atom. The summed E-state index contributed by atoms with van der Waals surface area (Å²) in [5.41, 5.74) is 6.62. The van der Waals surface area contributed by atoms with E-state index in [1.807, 2.05) is 6.92 Å². The summed E-state index contributed by atoms with van der Waals surface area (Å²) in [6, 6.07) is -0.209. The molecule has 12 heteroatoms. The molecule has 1 fully saturated rings. The second kappa shape index (κ2) is 8.69. The molecule has 0 bridgehead atoms. The van der Waals surface area contributed by atoms with Crippen LogP contribution in [0.4, 0.5) is 10.6 Å². The molecule has 148 valence electrons. The van der Waals surface area contributed by atoms with Crippen molar-refractivity contribution >= 4 is 34.8 Å². The smallest absolute Gasteiger partial charge is 0.314 e. The van der Waals surface area contributed by atoms with Crippen LogP contribution in [-0.4, -0.2) is 78.7 Å². The van der Waals surface area contributed by atoms with Gasteiger partial charge in [0.15, 0.2) is 17.7 Å². The molecule has 2 aromatic heterocycles. The molecule has 11 nitrogen and oxygen atoms in total. The van der Waals surface area contributed by atoms with Crippen molar-refractivity contribution in [2.45, 2.75) is 31.5 Å². The van der Waals surface area contributed by atoms with Crippen LogP contribution < -0.4 is 16.4 Å². The predicted octanol–water partition coefficient (Wildman–Crippen LogP) is -0.920. The normalized spacial score (nSPS) is 25.0. The molecule has 0 saturated carbocycles. The zero-order valence-electron chi connectivity index (χ0n) is 14.8. The van der Waals surface area contributed by atoms with E-state index in [2.05, 4.69) is 25.6 Å². The second-order valence-electron chi connectivity index (χ2n) is 5.99. The molecule has 0 aromatic carbocycles. The molecule has 3 heterocycles. The Hall–Kier alpha value is -2.15. The van der Waals surface area contributed by atoms with Crippen molar-refractivity contribution in [3.63, 3.8) is 0 Å². The van der Waals surface area contributed by atoms with Gasteiger partial charge in [0.2, 0.25) is 0 Å². The zero-order chi connectivity index (χ0) is 19.4. The monoisotopic (exact) mass is 397 g/mol. The van der Waals surface area contributed by atoms with Crippen LogP contribution in [0.2, 0.25) is 0 Å². The molecule has 1 saturated heterocycles. The highest BCUT2D eigenvalue weighted by atomic mass is 32.2. The molecular formula is C15H23N7O4S. The molecule has 6 N–H and O–H groups in total. The lowest BCUT2D eigenvalue weighted by Gasteiger charge is -2.16. The predicted molar refractivity (Wildman–Crippen MR) is 100 cm³/mol. The Balaban J connectivity index is 1.56. The van der Waals surface area contributed by atoms with Crippen molar-refractivity contribution in [2.24, 2.45) is 0 Å². The maximum Gasteiger partial charge on any atom is 0.314 e. The SMILES string of the molecule is CCNC(=O)NCCSC[C@H]1O[C@@H](n2cnc3c(N)ncnc32)[C@H](O)[C@H]1O. The highest BCUT2D eigenvalue weighted by molar-refractivity contribution is 7.99. The highest BCUT2D eigenvalue weighted by Crippen LogP contribution is 2.33.